The maximum absolute atomic E-state index is 12.3. The van der Waals surface area contributed by atoms with Gasteiger partial charge in [0.25, 0.3) is 5.91 Å². The van der Waals surface area contributed by atoms with Gasteiger partial charge in [-0.3, -0.25) is 9.89 Å². The highest BCUT2D eigenvalue weighted by molar-refractivity contribution is 5.93. The summed E-state index contributed by atoms with van der Waals surface area (Å²) >= 11 is 0. The molecule has 0 aliphatic rings. The molecule has 0 unspecified atom stereocenters. The van der Waals surface area contributed by atoms with E-state index in [-0.39, 0.29) is 5.91 Å². The smallest absolute Gasteiger partial charge is 0.272 e. The Bertz CT molecular complexity index is 997. The van der Waals surface area contributed by atoms with Crippen LogP contribution in [0.15, 0.2) is 53.1 Å². The first-order chi connectivity index (χ1) is 11.7. The van der Waals surface area contributed by atoms with Crippen LogP contribution in [0.4, 0.5) is 0 Å². The van der Waals surface area contributed by atoms with Crippen molar-refractivity contribution in [2.45, 2.75) is 6.54 Å². The molecule has 0 bridgehead atoms. The van der Waals surface area contributed by atoms with E-state index >= 15 is 0 Å². The van der Waals surface area contributed by atoms with Crippen LogP contribution in [0.3, 0.4) is 0 Å². The molecule has 4 rings (SSSR count). The molecule has 0 aliphatic carbocycles. The van der Waals surface area contributed by atoms with Crippen molar-refractivity contribution in [3.8, 4) is 11.5 Å². The van der Waals surface area contributed by atoms with Crippen LogP contribution < -0.4 is 5.32 Å². The Hall–Kier alpha value is -3.35. The van der Waals surface area contributed by atoms with E-state index in [0.717, 1.165) is 16.9 Å². The molecule has 3 heterocycles. The van der Waals surface area contributed by atoms with Gasteiger partial charge in [0, 0.05) is 13.1 Å². The molecule has 7 heteroatoms. The van der Waals surface area contributed by atoms with Crippen LogP contribution in [-0.2, 0) is 13.6 Å². The van der Waals surface area contributed by atoms with E-state index in [1.54, 1.807) is 24.5 Å². The number of imidazole rings is 1. The Balaban J connectivity index is 1.49. The van der Waals surface area contributed by atoms with Gasteiger partial charge in [0.2, 0.25) is 0 Å². The van der Waals surface area contributed by atoms with Crippen LogP contribution in [0.1, 0.15) is 16.3 Å². The third-order valence-corrected chi connectivity index (χ3v) is 3.88. The molecule has 3 aromatic heterocycles. The lowest BCUT2D eigenvalue weighted by Crippen LogP contribution is -2.24. The van der Waals surface area contributed by atoms with E-state index in [4.69, 9.17) is 4.42 Å². The normalized spacial score (nSPS) is 11.0. The number of benzene rings is 1. The van der Waals surface area contributed by atoms with Gasteiger partial charge in [-0.25, -0.2) is 4.98 Å². The van der Waals surface area contributed by atoms with Crippen LogP contribution in [0.2, 0.25) is 0 Å². The summed E-state index contributed by atoms with van der Waals surface area (Å²) in [7, 11) is 1.93. The maximum atomic E-state index is 12.3. The van der Waals surface area contributed by atoms with Crippen LogP contribution >= 0.6 is 0 Å². The topological polar surface area (TPSA) is 88.7 Å². The van der Waals surface area contributed by atoms with Crippen LogP contribution in [0, 0.1) is 0 Å². The number of carbonyl (C=O) groups is 1. The average molecular weight is 321 g/mol. The number of aromatic nitrogens is 4. The number of para-hydroxylation sites is 2. The molecule has 1 aromatic carbocycles. The predicted octanol–water partition coefficient (Wildman–Crippen LogP) is 2.49. The van der Waals surface area contributed by atoms with E-state index in [1.165, 1.54) is 0 Å². The minimum atomic E-state index is -0.267. The number of nitrogens with one attached hydrogen (secondary N) is 2. The summed E-state index contributed by atoms with van der Waals surface area (Å²) in [5, 5.41) is 9.66. The lowest BCUT2D eigenvalue weighted by Gasteiger charge is -2.03. The molecule has 0 spiro atoms. The summed E-state index contributed by atoms with van der Waals surface area (Å²) in [5.41, 5.74) is 2.90. The number of amides is 1. The van der Waals surface area contributed by atoms with E-state index < -0.39 is 0 Å². The first-order valence-electron chi connectivity index (χ1n) is 7.50. The number of aromatic amines is 1. The van der Waals surface area contributed by atoms with Crippen molar-refractivity contribution in [3.05, 3.63) is 60.2 Å². The lowest BCUT2D eigenvalue weighted by atomic mass is 10.3. The van der Waals surface area contributed by atoms with E-state index in [2.05, 4.69) is 20.5 Å². The summed E-state index contributed by atoms with van der Waals surface area (Å²) in [6, 6.07) is 13.1. The molecular formula is C17H15N5O2. The van der Waals surface area contributed by atoms with Crippen molar-refractivity contribution in [3.63, 3.8) is 0 Å². The van der Waals surface area contributed by atoms with Crippen molar-refractivity contribution in [1.29, 1.82) is 0 Å². The van der Waals surface area contributed by atoms with E-state index in [0.29, 0.717) is 23.7 Å². The van der Waals surface area contributed by atoms with Crippen molar-refractivity contribution < 1.29 is 9.21 Å². The van der Waals surface area contributed by atoms with Gasteiger partial charge >= 0.3 is 0 Å². The molecule has 0 radical (unpaired) electrons. The molecule has 0 aliphatic heterocycles. The highest BCUT2D eigenvalue weighted by Gasteiger charge is 2.14. The van der Waals surface area contributed by atoms with Gasteiger partial charge in [-0.1, -0.05) is 12.1 Å². The van der Waals surface area contributed by atoms with Gasteiger partial charge in [-0.05, 0) is 24.3 Å². The summed E-state index contributed by atoms with van der Waals surface area (Å²) in [5.74, 6) is 1.15. The minimum Gasteiger partial charge on any atom is -0.463 e. The van der Waals surface area contributed by atoms with Crippen molar-refractivity contribution in [1.82, 2.24) is 25.1 Å². The molecule has 0 saturated carbocycles. The first kappa shape index (κ1) is 14.3. The molecule has 0 atom stereocenters. The summed E-state index contributed by atoms with van der Waals surface area (Å²) in [6.07, 6.45) is 1.57. The zero-order valence-electron chi connectivity index (χ0n) is 13.0. The Kier molecular flexibility index (Phi) is 3.38. The molecule has 4 aromatic rings. The number of fused-ring (bicyclic) bond motifs is 1. The van der Waals surface area contributed by atoms with Crippen molar-refractivity contribution in [2.75, 3.05) is 0 Å². The second kappa shape index (κ2) is 5.69. The van der Waals surface area contributed by atoms with Crippen LogP contribution in [0.5, 0.6) is 0 Å². The number of H-pyrrole nitrogens is 1. The molecule has 0 saturated heterocycles. The zero-order chi connectivity index (χ0) is 16.5. The minimum absolute atomic E-state index is 0.267. The summed E-state index contributed by atoms with van der Waals surface area (Å²) in [4.78, 5) is 16.8. The predicted molar refractivity (Wildman–Crippen MR) is 88.2 cm³/mol. The second-order valence-electron chi connectivity index (χ2n) is 5.40. The van der Waals surface area contributed by atoms with Gasteiger partial charge in [-0.15, -0.1) is 0 Å². The molecule has 24 heavy (non-hydrogen) atoms. The monoisotopic (exact) mass is 321 g/mol. The number of furan rings is 1. The highest BCUT2D eigenvalue weighted by Crippen LogP contribution is 2.18. The SMILES string of the molecule is Cn1c(CNC(=O)c2cc(-c3ccco3)[nH]n2)nc2ccccc21. The van der Waals surface area contributed by atoms with E-state index in [9.17, 15) is 4.79 Å². The number of nitrogens with zero attached hydrogens (tertiary/aromatic N) is 3. The number of hydrogen-bond acceptors (Lipinski definition) is 4. The highest BCUT2D eigenvalue weighted by atomic mass is 16.3. The molecular weight excluding hydrogens is 306 g/mol. The third kappa shape index (κ3) is 2.45. The van der Waals surface area contributed by atoms with Crippen LogP contribution in [-0.4, -0.2) is 25.7 Å². The zero-order valence-corrected chi connectivity index (χ0v) is 13.0. The molecule has 1 amide bonds. The van der Waals surface area contributed by atoms with Gasteiger partial charge < -0.3 is 14.3 Å². The largest absolute Gasteiger partial charge is 0.463 e. The Labute approximate surface area is 137 Å². The molecule has 7 nitrogen and oxygen atoms in total. The standard InChI is InChI=1S/C17H15N5O2/c1-22-14-6-3-2-5-11(14)19-16(22)10-18-17(23)13-9-12(20-21-13)15-7-4-8-24-15/h2-9H,10H2,1H3,(H,18,23)(H,20,21). The molecule has 120 valence electrons. The van der Waals surface area contributed by atoms with Gasteiger partial charge in [-0.2, -0.15) is 5.10 Å². The van der Waals surface area contributed by atoms with Crippen molar-refractivity contribution >= 4 is 16.9 Å². The van der Waals surface area contributed by atoms with Crippen LogP contribution in [0.25, 0.3) is 22.5 Å². The van der Waals surface area contributed by atoms with E-state index in [1.807, 2.05) is 35.9 Å². The summed E-state index contributed by atoms with van der Waals surface area (Å²) < 4.78 is 7.24. The van der Waals surface area contributed by atoms with Gasteiger partial charge in [0.05, 0.1) is 23.8 Å². The fourth-order valence-electron chi connectivity index (χ4n) is 2.60. The Morgan fingerprint density at radius 2 is 2.17 bits per heavy atom. The molecule has 2 N–H and O–H groups in total. The Morgan fingerprint density at radius 1 is 1.29 bits per heavy atom. The Morgan fingerprint density at radius 3 is 2.96 bits per heavy atom. The first-order valence-corrected chi connectivity index (χ1v) is 7.50. The lowest BCUT2D eigenvalue weighted by molar-refractivity contribution is 0.0944. The fraction of sp³-hybridized carbons (Fsp3) is 0.118. The number of aryl methyl sites for hydroxylation is 1. The van der Waals surface area contributed by atoms with Gasteiger partial charge in [0.15, 0.2) is 11.5 Å². The van der Waals surface area contributed by atoms with Gasteiger partial charge in [0.1, 0.15) is 11.5 Å². The second-order valence-corrected chi connectivity index (χ2v) is 5.40. The maximum Gasteiger partial charge on any atom is 0.272 e. The fourth-order valence-corrected chi connectivity index (χ4v) is 2.60. The number of rotatable bonds is 4. The third-order valence-electron chi connectivity index (χ3n) is 3.88. The number of carbonyl (C=O) groups excluding carboxylic acids is 1. The quantitative estimate of drug-likeness (QED) is 0.604. The van der Waals surface area contributed by atoms with Crippen molar-refractivity contribution in [2.24, 2.45) is 7.05 Å². The average Bonchev–Trinajstić information content (AvgIpc) is 3.33. The summed E-state index contributed by atoms with van der Waals surface area (Å²) in [6.45, 7) is 0.326. The molecule has 0 fully saturated rings. The number of hydrogen-bond donors (Lipinski definition) is 2.